The predicted molar refractivity (Wildman–Crippen MR) is 77.0 cm³/mol. The monoisotopic (exact) mass is 338 g/mol. The molecule has 0 unspecified atom stereocenters. The predicted octanol–water partition coefficient (Wildman–Crippen LogP) is 4.27. The van der Waals surface area contributed by atoms with Crippen LogP contribution in [0.1, 0.15) is 53.4 Å². The van der Waals surface area contributed by atoms with Crippen molar-refractivity contribution in [2.45, 2.75) is 59.0 Å². The van der Waals surface area contributed by atoms with E-state index in [0.717, 1.165) is 12.8 Å². The molecule has 0 saturated carbocycles. The van der Waals surface area contributed by atoms with Gasteiger partial charge in [-0.1, -0.05) is 34.2 Å². The van der Waals surface area contributed by atoms with Gasteiger partial charge in [0, 0.05) is 6.42 Å². The first kappa shape index (κ1) is 15.9. The Bertz CT molecular complexity index is 239. The summed E-state index contributed by atoms with van der Waals surface area (Å²) in [5.74, 6) is -0.0960. The van der Waals surface area contributed by atoms with Crippen molar-refractivity contribution < 1.29 is 9.53 Å². The largest absolute Gasteiger partial charge is 0.460 e. The van der Waals surface area contributed by atoms with Crippen LogP contribution in [0.4, 0.5) is 0 Å². The Balaban J connectivity index is 3.90. The van der Waals surface area contributed by atoms with Crippen molar-refractivity contribution in [1.82, 2.24) is 0 Å². The average Bonchev–Trinajstić information content (AvgIpc) is 2.15. The van der Waals surface area contributed by atoms with E-state index in [1.807, 2.05) is 27.7 Å². The van der Waals surface area contributed by atoms with E-state index in [4.69, 9.17) is 4.74 Å². The first-order valence-corrected chi connectivity index (χ1v) is 7.33. The SMILES string of the molecule is C/C=C(/CCCI)CCC(=O)OC(C)(C)C. The van der Waals surface area contributed by atoms with E-state index in [9.17, 15) is 4.79 Å². The smallest absolute Gasteiger partial charge is 0.306 e. The average molecular weight is 338 g/mol. The van der Waals surface area contributed by atoms with Crippen LogP contribution < -0.4 is 0 Å². The lowest BCUT2D eigenvalue weighted by atomic mass is 10.1. The minimum Gasteiger partial charge on any atom is -0.460 e. The van der Waals surface area contributed by atoms with Gasteiger partial charge in [0.2, 0.25) is 0 Å². The molecule has 0 N–H and O–H groups in total. The van der Waals surface area contributed by atoms with Crippen LogP contribution in [0.25, 0.3) is 0 Å². The van der Waals surface area contributed by atoms with E-state index < -0.39 is 0 Å². The maximum Gasteiger partial charge on any atom is 0.306 e. The van der Waals surface area contributed by atoms with Gasteiger partial charge in [0.15, 0.2) is 0 Å². The van der Waals surface area contributed by atoms with Crippen LogP contribution in [0.5, 0.6) is 0 Å². The van der Waals surface area contributed by atoms with Crippen LogP contribution >= 0.6 is 22.6 Å². The summed E-state index contributed by atoms with van der Waals surface area (Å²) in [4.78, 5) is 11.5. The maximum atomic E-state index is 11.5. The second kappa shape index (κ2) is 8.09. The molecule has 0 saturated heterocycles. The summed E-state index contributed by atoms with van der Waals surface area (Å²) in [5.41, 5.74) is 0.998. The minimum absolute atomic E-state index is 0.0960. The van der Waals surface area contributed by atoms with Gasteiger partial charge in [0.1, 0.15) is 5.60 Å². The van der Waals surface area contributed by atoms with Crippen LogP contribution in [-0.2, 0) is 9.53 Å². The molecule has 94 valence electrons. The zero-order chi connectivity index (χ0) is 12.6. The molecule has 0 aliphatic heterocycles. The standard InChI is InChI=1S/C13H23IO2/c1-5-11(7-6-10-14)8-9-12(15)16-13(2,3)4/h5H,6-10H2,1-4H3/b11-5-. The van der Waals surface area contributed by atoms with Gasteiger partial charge in [-0.05, 0) is 51.4 Å². The number of hydrogen-bond acceptors (Lipinski definition) is 2. The van der Waals surface area contributed by atoms with Gasteiger partial charge in [-0.2, -0.15) is 0 Å². The summed E-state index contributed by atoms with van der Waals surface area (Å²) in [6, 6.07) is 0. The summed E-state index contributed by atoms with van der Waals surface area (Å²) >= 11 is 2.38. The quantitative estimate of drug-likeness (QED) is 0.313. The molecule has 0 aromatic carbocycles. The highest BCUT2D eigenvalue weighted by molar-refractivity contribution is 14.1. The van der Waals surface area contributed by atoms with Gasteiger partial charge in [-0.15, -0.1) is 0 Å². The summed E-state index contributed by atoms with van der Waals surface area (Å²) in [7, 11) is 0. The Morgan fingerprint density at radius 3 is 2.31 bits per heavy atom. The molecule has 0 bridgehead atoms. The highest BCUT2D eigenvalue weighted by atomic mass is 127. The lowest BCUT2D eigenvalue weighted by Gasteiger charge is -2.19. The summed E-state index contributed by atoms with van der Waals surface area (Å²) in [5, 5.41) is 0. The lowest BCUT2D eigenvalue weighted by Crippen LogP contribution is -2.23. The van der Waals surface area contributed by atoms with Crippen LogP contribution in [0.2, 0.25) is 0 Å². The highest BCUT2D eigenvalue weighted by Crippen LogP contribution is 2.15. The Morgan fingerprint density at radius 1 is 1.25 bits per heavy atom. The molecule has 0 amide bonds. The van der Waals surface area contributed by atoms with Crippen molar-refractivity contribution in [2.24, 2.45) is 0 Å². The number of esters is 1. The minimum atomic E-state index is -0.366. The van der Waals surface area contributed by atoms with Crippen molar-refractivity contribution in [3.63, 3.8) is 0 Å². The van der Waals surface area contributed by atoms with E-state index in [0.29, 0.717) is 6.42 Å². The van der Waals surface area contributed by atoms with Crippen molar-refractivity contribution >= 4 is 28.6 Å². The van der Waals surface area contributed by atoms with Crippen LogP contribution in [0.15, 0.2) is 11.6 Å². The Morgan fingerprint density at radius 2 is 1.88 bits per heavy atom. The molecule has 0 aromatic rings. The molecule has 0 aliphatic carbocycles. The van der Waals surface area contributed by atoms with Gasteiger partial charge < -0.3 is 4.74 Å². The molecular weight excluding hydrogens is 315 g/mol. The van der Waals surface area contributed by atoms with Gasteiger partial charge in [0.25, 0.3) is 0 Å². The van der Waals surface area contributed by atoms with E-state index in [-0.39, 0.29) is 11.6 Å². The van der Waals surface area contributed by atoms with Gasteiger partial charge in [-0.25, -0.2) is 0 Å². The molecule has 0 heterocycles. The third-order valence-corrected chi connectivity index (χ3v) is 2.87. The maximum absolute atomic E-state index is 11.5. The van der Waals surface area contributed by atoms with Gasteiger partial charge >= 0.3 is 5.97 Å². The molecule has 0 atom stereocenters. The zero-order valence-corrected chi connectivity index (χ0v) is 13.0. The molecule has 0 radical (unpaired) electrons. The Labute approximate surface area is 113 Å². The molecule has 2 nitrogen and oxygen atoms in total. The summed E-state index contributed by atoms with van der Waals surface area (Å²) in [6.45, 7) is 7.74. The lowest BCUT2D eigenvalue weighted by molar-refractivity contribution is -0.154. The summed E-state index contributed by atoms with van der Waals surface area (Å²) < 4.78 is 6.44. The molecule has 3 heteroatoms. The highest BCUT2D eigenvalue weighted by Gasteiger charge is 2.15. The molecule has 0 aliphatic rings. The Kier molecular flexibility index (Phi) is 8.06. The van der Waals surface area contributed by atoms with Gasteiger partial charge in [-0.3, -0.25) is 4.79 Å². The third kappa shape index (κ3) is 9.19. The molecule has 0 spiro atoms. The van der Waals surface area contributed by atoms with E-state index in [1.165, 1.54) is 16.4 Å². The third-order valence-electron chi connectivity index (χ3n) is 2.11. The number of halogens is 1. The van der Waals surface area contributed by atoms with Gasteiger partial charge in [0.05, 0.1) is 0 Å². The fraction of sp³-hybridized carbons (Fsp3) is 0.769. The van der Waals surface area contributed by atoms with Crippen molar-refractivity contribution in [2.75, 3.05) is 4.43 Å². The van der Waals surface area contributed by atoms with E-state index in [1.54, 1.807) is 0 Å². The fourth-order valence-corrected chi connectivity index (χ4v) is 1.74. The second-order valence-electron chi connectivity index (χ2n) is 4.83. The second-order valence-corrected chi connectivity index (χ2v) is 5.90. The number of carbonyl (C=O) groups excluding carboxylic acids is 1. The van der Waals surface area contributed by atoms with Crippen LogP contribution in [-0.4, -0.2) is 16.0 Å². The molecule has 0 rings (SSSR count). The topological polar surface area (TPSA) is 26.3 Å². The summed E-state index contributed by atoms with van der Waals surface area (Å²) in [6.07, 6.45) is 5.74. The normalized spacial score (nSPS) is 12.7. The molecular formula is C13H23IO2. The van der Waals surface area contributed by atoms with Crippen molar-refractivity contribution in [1.29, 1.82) is 0 Å². The van der Waals surface area contributed by atoms with Crippen molar-refractivity contribution in [3.8, 4) is 0 Å². The van der Waals surface area contributed by atoms with Crippen LogP contribution in [0.3, 0.4) is 0 Å². The van der Waals surface area contributed by atoms with E-state index >= 15 is 0 Å². The number of alkyl halides is 1. The number of rotatable bonds is 6. The van der Waals surface area contributed by atoms with E-state index in [2.05, 4.69) is 28.7 Å². The molecule has 0 aromatic heterocycles. The number of hydrogen-bond donors (Lipinski definition) is 0. The zero-order valence-electron chi connectivity index (χ0n) is 10.8. The first-order chi connectivity index (χ1) is 7.39. The number of carbonyl (C=O) groups is 1. The molecule has 16 heavy (non-hydrogen) atoms. The van der Waals surface area contributed by atoms with Crippen LogP contribution in [0, 0.1) is 0 Å². The number of ether oxygens (including phenoxy) is 1. The fourth-order valence-electron chi connectivity index (χ4n) is 1.36. The van der Waals surface area contributed by atoms with Crippen molar-refractivity contribution in [3.05, 3.63) is 11.6 Å². The Hall–Kier alpha value is -0.0600. The molecule has 0 fully saturated rings. The first-order valence-electron chi connectivity index (χ1n) is 5.81. The number of allylic oxidation sites excluding steroid dienone is 2.